The molecule has 0 bridgehead atoms. The van der Waals surface area contributed by atoms with E-state index in [-0.39, 0.29) is 10.8 Å². The number of hydrogen-bond donors (Lipinski definition) is 0. The number of piperidine rings is 1. The highest BCUT2D eigenvalue weighted by Gasteiger charge is 2.29. The van der Waals surface area contributed by atoms with Crippen LogP contribution in [-0.4, -0.2) is 48.7 Å². The van der Waals surface area contributed by atoms with Gasteiger partial charge < -0.3 is 4.90 Å². The van der Waals surface area contributed by atoms with Crippen LogP contribution in [0.5, 0.6) is 0 Å². The van der Waals surface area contributed by atoms with Gasteiger partial charge in [-0.2, -0.15) is 4.31 Å². The fourth-order valence-electron chi connectivity index (χ4n) is 3.59. The van der Waals surface area contributed by atoms with Crippen molar-refractivity contribution < 1.29 is 17.6 Å². The third-order valence-corrected chi connectivity index (χ3v) is 7.24. The SMILES string of the molecule is CN(Cc1cccnc1)C(=O)CCC1CCN(S(=O)(=O)c2cccc(F)c2)CC1. The van der Waals surface area contributed by atoms with E-state index in [1.807, 2.05) is 12.1 Å². The molecular formula is C21H26FN3O3S. The van der Waals surface area contributed by atoms with E-state index >= 15 is 0 Å². The predicted molar refractivity (Wildman–Crippen MR) is 108 cm³/mol. The Morgan fingerprint density at radius 3 is 2.66 bits per heavy atom. The molecule has 1 aliphatic heterocycles. The van der Waals surface area contributed by atoms with Gasteiger partial charge in [-0.05, 0) is 55.0 Å². The van der Waals surface area contributed by atoms with Crippen molar-refractivity contribution in [1.82, 2.24) is 14.2 Å². The number of carbonyl (C=O) groups excluding carboxylic acids is 1. The number of benzene rings is 1. The van der Waals surface area contributed by atoms with E-state index in [9.17, 15) is 17.6 Å². The lowest BCUT2D eigenvalue weighted by atomic mass is 9.93. The van der Waals surface area contributed by atoms with Gasteiger partial charge in [0.25, 0.3) is 0 Å². The van der Waals surface area contributed by atoms with Gasteiger partial charge in [0.1, 0.15) is 5.82 Å². The largest absolute Gasteiger partial charge is 0.341 e. The number of rotatable bonds is 7. The van der Waals surface area contributed by atoms with Gasteiger partial charge in [0, 0.05) is 45.5 Å². The van der Waals surface area contributed by atoms with E-state index in [1.165, 1.54) is 22.5 Å². The first kappa shape index (κ1) is 21.4. The Balaban J connectivity index is 1.46. The zero-order valence-electron chi connectivity index (χ0n) is 16.5. The van der Waals surface area contributed by atoms with Crippen molar-refractivity contribution in [3.05, 3.63) is 60.2 Å². The average Bonchev–Trinajstić information content (AvgIpc) is 2.73. The van der Waals surface area contributed by atoms with Crippen LogP contribution < -0.4 is 0 Å². The zero-order valence-corrected chi connectivity index (χ0v) is 17.3. The average molecular weight is 420 g/mol. The van der Waals surface area contributed by atoms with Gasteiger partial charge in [0.15, 0.2) is 0 Å². The number of sulfonamides is 1. The molecule has 0 atom stereocenters. The second-order valence-electron chi connectivity index (χ2n) is 7.45. The molecule has 6 nitrogen and oxygen atoms in total. The fourth-order valence-corrected chi connectivity index (χ4v) is 5.09. The van der Waals surface area contributed by atoms with Gasteiger partial charge in [0.05, 0.1) is 4.90 Å². The zero-order chi connectivity index (χ0) is 20.9. The van der Waals surface area contributed by atoms with Crippen molar-refractivity contribution in [1.29, 1.82) is 0 Å². The Hall–Kier alpha value is -2.32. The minimum absolute atomic E-state index is 0.0110. The van der Waals surface area contributed by atoms with Crippen LogP contribution in [-0.2, 0) is 21.4 Å². The highest BCUT2D eigenvalue weighted by atomic mass is 32.2. The van der Waals surface area contributed by atoms with Crippen LogP contribution in [0.1, 0.15) is 31.2 Å². The molecule has 29 heavy (non-hydrogen) atoms. The maximum atomic E-state index is 13.4. The maximum Gasteiger partial charge on any atom is 0.243 e. The molecule has 2 heterocycles. The summed E-state index contributed by atoms with van der Waals surface area (Å²) in [7, 11) is -1.89. The standard InChI is InChI=1S/C21H26FN3O3S/c1-24(16-18-4-3-11-23-15-18)21(26)8-7-17-9-12-25(13-10-17)29(27,28)20-6-2-5-19(22)14-20/h2-6,11,14-15,17H,7-10,12-13,16H2,1H3. The van der Waals surface area contributed by atoms with E-state index in [1.54, 1.807) is 24.3 Å². The van der Waals surface area contributed by atoms with E-state index in [4.69, 9.17) is 0 Å². The summed E-state index contributed by atoms with van der Waals surface area (Å²) >= 11 is 0. The van der Waals surface area contributed by atoms with Gasteiger partial charge in [0.2, 0.25) is 15.9 Å². The Morgan fingerprint density at radius 2 is 2.00 bits per heavy atom. The smallest absolute Gasteiger partial charge is 0.243 e. The molecule has 1 fully saturated rings. The van der Waals surface area contributed by atoms with Crippen molar-refractivity contribution in [2.24, 2.45) is 5.92 Å². The maximum absolute atomic E-state index is 13.4. The van der Waals surface area contributed by atoms with Crippen molar-refractivity contribution in [3.8, 4) is 0 Å². The highest BCUT2D eigenvalue weighted by Crippen LogP contribution is 2.27. The minimum Gasteiger partial charge on any atom is -0.341 e. The lowest BCUT2D eigenvalue weighted by molar-refractivity contribution is -0.130. The molecule has 0 saturated carbocycles. The van der Waals surface area contributed by atoms with Gasteiger partial charge in [-0.3, -0.25) is 9.78 Å². The first-order chi connectivity index (χ1) is 13.9. The van der Waals surface area contributed by atoms with Crippen LogP contribution >= 0.6 is 0 Å². The van der Waals surface area contributed by atoms with E-state index in [0.29, 0.717) is 44.8 Å². The number of amides is 1. The summed E-state index contributed by atoms with van der Waals surface area (Å²) in [6.07, 6.45) is 6.04. The molecule has 1 aromatic carbocycles. The van der Waals surface area contributed by atoms with E-state index < -0.39 is 15.8 Å². The molecule has 2 aromatic rings. The van der Waals surface area contributed by atoms with Gasteiger partial charge in [-0.25, -0.2) is 12.8 Å². The quantitative estimate of drug-likeness (QED) is 0.692. The number of carbonyl (C=O) groups is 1. The number of aromatic nitrogens is 1. The first-order valence-electron chi connectivity index (χ1n) is 9.75. The fraction of sp³-hybridized carbons (Fsp3) is 0.429. The van der Waals surface area contributed by atoms with Crippen molar-refractivity contribution in [2.75, 3.05) is 20.1 Å². The topological polar surface area (TPSA) is 70.6 Å². The van der Waals surface area contributed by atoms with E-state index in [0.717, 1.165) is 18.1 Å². The molecule has 1 amide bonds. The summed E-state index contributed by atoms with van der Waals surface area (Å²) in [5, 5.41) is 0. The van der Waals surface area contributed by atoms with E-state index in [2.05, 4.69) is 4.98 Å². The van der Waals surface area contributed by atoms with Gasteiger partial charge in [-0.1, -0.05) is 12.1 Å². The highest BCUT2D eigenvalue weighted by molar-refractivity contribution is 7.89. The number of pyridine rings is 1. The van der Waals surface area contributed by atoms with Crippen LogP contribution in [0.15, 0.2) is 53.7 Å². The molecule has 1 aromatic heterocycles. The second kappa shape index (κ2) is 9.45. The van der Waals surface area contributed by atoms with Crippen molar-refractivity contribution in [2.45, 2.75) is 37.1 Å². The third-order valence-electron chi connectivity index (χ3n) is 5.34. The summed E-state index contributed by atoms with van der Waals surface area (Å²) in [6, 6.07) is 8.89. The van der Waals surface area contributed by atoms with Gasteiger partial charge >= 0.3 is 0 Å². The summed E-state index contributed by atoms with van der Waals surface area (Å²) < 4.78 is 40.1. The molecule has 0 unspecified atom stereocenters. The third kappa shape index (κ3) is 5.61. The lowest BCUT2D eigenvalue weighted by Crippen LogP contribution is -2.38. The normalized spacial score (nSPS) is 15.9. The molecule has 0 N–H and O–H groups in total. The Morgan fingerprint density at radius 1 is 1.24 bits per heavy atom. The predicted octanol–water partition coefficient (Wildman–Crippen LogP) is 3.06. The number of hydrogen-bond acceptors (Lipinski definition) is 4. The number of halogens is 1. The Labute approximate surface area is 171 Å². The molecule has 0 aliphatic carbocycles. The molecule has 1 aliphatic rings. The first-order valence-corrected chi connectivity index (χ1v) is 11.2. The molecule has 8 heteroatoms. The van der Waals surface area contributed by atoms with Crippen LogP contribution in [0.3, 0.4) is 0 Å². The van der Waals surface area contributed by atoms with Gasteiger partial charge in [-0.15, -0.1) is 0 Å². The van der Waals surface area contributed by atoms with Crippen molar-refractivity contribution >= 4 is 15.9 Å². The summed E-state index contributed by atoms with van der Waals surface area (Å²) in [5.74, 6) is -0.178. The molecule has 0 radical (unpaired) electrons. The van der Waals surface area contributed by atoms with Crippen molar-refractivity contribution in [3.63, 3.8) is 0 Å². The second-order valence-corrected chi connectivity index (χ2v) is 9.39. The van der Waals surface area contributed by atoms with Crippen LogP contribution in [0, 0.1) is 11.7 Å². The summed E-state index contributed by atoms with van der Waals surface area (Å²) in [4.78, 5) is 18.1. The summed E-state index contributed by atoms with van der Waals surface area (Å²) in [5.41, 5.74) is 0.985. The molecule has 1 saturated heterocycles. The number of nitrogens with zero attached hydrogens (tertiary/aromatic N) is 3. The monoisotopic (exact) mass is 419 g/mol. The summed E-state index contributed by atoms with van der Waals surface area (Å²) in [6.45, 7) is 1.31. The van der Waals surface area contributed by atoms with Crippen LogP contribution in [0.25, 0.3) is 0 Å². The lowest BCUT2D eigenvalue weighted by Gasteiger charge is -2.31. The Kier molecular flexibility index (Phi) is 6.97. The molecule has 156 valence electrons. The van der Waals surface area contributed by atoms with Crippen LogP contribution in [0.2, 0.25) is 0 Å². The molecule has 3 rings (SSSR count). The van der Waals surface area contributed by atoms with Crippen LogP contribution in [0.4, 0.5) is 4.39 Å². The minimum atomic E-state index is -3.68. The molecule has 0 spiro atoms. The molecular weight excluding hydrogens is 393 g/mol. The Bertz CT molecular complexity index is 929.